The highest BCUT2D eigenvalue weighted by Crippen LogP contribution is 2.36. The van der Waals surface area contributed by atoms with Crippen LogP contribution in [0.15, 0.2) is 24.3 Å². The fraction of sp³-hybridized carbons (Fsp3) is 0.714. The van der Waals surface area contributed by atoms with E-state index in [0.29, 0.717) is 19.8 Å². The van der Waals surface area contributed by atoms with Gasteiger partial charge >= 0.3 is 0 Å². The lowest BCUT2D eigenvalue weighted by atomic mass is 9.85. The van der Waals surface area contributed by atoms with Crippen molar-refractivity contribution >= 4 is 0 Å². The molecule has 1 saturated carbocycles. The first-order valence-electron chi connectivity index (χ1n) is 9.80. The Hall–Kier alpha value is -1.14. The molecule has 3 rings (SSSR count). The minimum absolute atomic E-state index is 0.0482. The summed E-state index contributed by atoms with van der Waals surface area (Å²) in [6, 6.07) is 8.05. The number of hydrogen-bond donors (Lipinski definition) is 0. The van der Waals surface area contributed by atoms with Crippen LogP contribution in [0.4, 0.5) is 0 Å². The Kier molecular flexibility index (Phi) is 7.74. The Labute approximate surface area is 156 Å². The molecule has 1 aliphatic heterocycles. The first-order valence-corrected chi connectivity index (χ1v) is 9.80. The zero-order chi connectivity index (χ0) is 18.2. The third-order valence-corrected chi connectivity index (χ3v) is 5.33. The fourth-order valence-electron chi connectivity index (χ4n) is 3.73. The minimum atomic E-state index is -0.144. The maximum Gasteiger partial charge on any atom is 0.187 e. The molecule has 3 atom stereocenters. The predicted octanol–water partition coefficient (Wildman–Crippen LogP) is 3.94. The van der Waals surface area contributed by atoms with Crippen molar-refractivity contribution in [2.75, 3.05) is 27.4 Å². The highest BCUT2D eigenvalue weighted by molar-refractivity contribution is 5.26. The monoisotopic (exact) mass is 364 g/mol. The number of methoxy groups -OCH3 is 2. The molecule has 1 aromatic carbocycles. The van der Waals surface area contributed by atoms with Crippen LogP contribution in [0.2, 0.25) is 0 Å². The van der Waals surface area contributed by atoms with Crippen LogP contribution in [0.25, 0.3) is 0 Å². The van der Waals surface area contributed by atoms with Gasteiger partial charge in [-0.3, -0.25) is 0 Å². The van der Waals surface area contributed by atoms with Crippen LogP contribution in [0.1, 0.15) is 44.1 Å². The van der Waals surface area contributed by atoms with Gasteiger partial charge in [-0.1, -0.05) is 44.2 Å². The van der Waals surface area contributed by atoms with Gasteiger partial charge in [0.15, 0.2) is 6.29 Å². The Morgan fingerprint density at radius 3 is 2.50 bits per heavy atom. The molecule has 2 aliphatic rings. The molecule has 2 fully saturated rings. The summed E-state index contributed by atoms with van der Waals surface area (Å²) < 4.78 is 28.0. The molecule has 146 valence electrons. The average molecular weight is 364 g/mol. The van der Waals surface area contributed by atoms with Crippen molar-refractivity contribution in [3.05, 3.63) is 29.8 Å². The zero-order valence-electron chi connectivity index (χ0n) is 16.0. The van der Waals surface area contributed by atoms with Gasteiger partial charge in [-0.15, -0.1) is 0 Å². The lowest BCUT2D eigenvalue weighted by Crippen LogP contribution is -2.26. The molecule has 1 saturated heterocycles. The second kappa shape index (κ2) is 10.3. The largest absolute Gasteiger partial charge is 0.497 e. The quantitative estimate of drug-likeness (QED) is 0.440. The van der Waals surface area contributed by atoms with Crippen molar-refractivity contribution < 1.29 is 23.7 Å². The molecule has 1 heterocycles. The van der Waals surface area contributed by atoms with Gasteiger partial charge in [-0.25, -0.2) is 0 Å². The molecule has 0 spiro atoms. The van der Waals surface area contributed by atoms with Crippen LogP contribution in [-0.4, -0.2) is 45.9 Å². The van der Waals surface area contributed by atoms with Crippen molar-refractivity contribution in [1.29, 1.82) is 0 Å². The third kappa shape index (κ3) is 5.95. The van der Waals surface area contributed by atoms with Crippen molar-refractivity contribution in [2.45, 2.75) is 63.6 Å². The van der Waals surface area contributed by atoms with E-state index in [1.807, 2.05) is 12.1 Å². The van der Waals surface area contributed by atoms with E-state index in [1.54, 1.807) is 14.2 Å². The Morgan fingerprint density at radius 2 is 1.81 bits per heavy atom. The number of benzene rings is 1. The Balaban J connectivity index is 1.52. The summed E-state index contributed by atoms with van der Waals surface area (Å²) in [5.74, 6) is 1.61. The van der Waals surface area contributed by atoms with Gasteiger partial charge in [0.2, 0.25) is 0 Å². The van der Waals surface area contributed by atoms with Crippen LogP contribution >= 0.6 is 0 Å². The van der Waals surface area contributed by atoms with Crippen LogP contribution in [0.3, 0.4) is 0 Å². The molecule has 5 nitrogen and oxygen atoms in total. The van der Waals surface area contributed by atoms with Crippen LogP contribution < -0.4 is 4.74 Å². The van der Waals surface area contributed by atoms with E-state index >= 15 is 0 Å². The summed E-state index contributed by atoms with van der Waals surface area (Å²) in [4.78, 5) is 0. The lowest BCUT2D eigenvalue weighted by Gasteiger charge is -2.26. The summed E-state index contributed by atoms with van der Waals surface area (Å²) in [7, 11) is 3.36. The van der Waals surface area contributed by atoms with Crippen molar-refractivity contribution in [2.24, 2.45) is 5.92 Å². The molecule has 1 aliphatic carbocycles. The van der Waals surface area contributed by atoms with Crippen LogP contribution in [0.5, 0.6) is 5.75 Å². The molecule has 1 aromatic rings. The average Bonchev–Trinajstić information content (AvgIpc) is 3.46. The van der Waals surface area contributed by atoms with Crippen LogP contribution in [-0.2, 0) is 25.6 Å². The SMILES string of the molecule is COCCO[C@H]1OC1C(CC1CCCCC1)OCc1ccc(OC)cc1. The van der Waals surface area contributed by atoms with Gasteiger partial charge in [0.25, 0.3) is 0 Å². The standard InChI is InChI=1S/C21H32O5/c1-22-12-13-24-21-20(26-21)19(14-16-6-4-3-5-7-16)25-15-17-8-10-18(23-2)11-9-17/h8-11,16,19-21H,3-7,12-15H2,1-2H3/t19?,20?,21-/m0/s1. The van der Waals surface area contributed by atoms with Crippen molar-refractivity contribution in [1.82, 2.24) is 0 Å². The maximum atomic E-state index is 6.29. The van der Waals surface area contributed by atoms with Crippen molar-refractivity contribution in [3.63, 3.8) is 0 Å². The molecule has 2 unspecified atom stereocenters. The van der Waals surface area contributed by atoms with Gasteiger partial charge < -0.3 is 23.7 Å². The Bertz CT molecular complexity index is 512. The number of hydrogen-bond acceptors (Lipinski definition) is 5. The Morgan fingerprint density at radius 1 is 1.04 bits per heavy atom. The molecule has 0 aromatic heterocycles. The highest BCUT2D eigenvalue weighted by Gasteiger charge is 2.47. The molecule has 26 heavy (non-hydrogen) atoms. The van der Waals surface area contributed by atoms with Crippen molar-refractivity contribution in [3.8, 4) is 5.75 Å². The predicted molar refractivity (Wildman–Crippen MR) is 99.3 cm³/mol. The number of rotatable bonds is 11. The molecule has 0 N–H and O–H groups in total. The lowest BCUT2D eigenvalue weighted by molar-refractivity contribution is 0.000119. The van der Waals surface area contributed by atoms with Gasteiger partial charge in [0.1, 0.15) is 11.9 Å². The minimum Gasteiger partial charge on any atom is -0.497 e. The maximum absolute atomic E-state index is 6.29. The van der Waals surface area contributed by atoms with E-state index in [4.69, 9.17) is 23.7 Å². The van der Waals surface area contributed by atoms with E-state index in [-0.39, 0.29) is 18.5 Å². The molecule has 5 heteroatoms. The van der Waals surface area contributed by atoms with Gasteiger partial charge in [0, 0.05) is 7.11 Å². The van der Waals surface area contributed by atoms with Crippen LogP contribution in [0, 0.1) is 5.92 Å². The van der Waals surface area contributed by atoms with E-state index in [0.717, 1.165) is 23.7 Å². The highest BCUT2D eigenvalue weighted by atomic mass is 16.8. The van der Waals surface area contributed by atoms with Gasteiger partial charge in [-0.2, -0.15) is 0 Å². The summed E-state index contributed by atoms with van der Waals surface area (Å²) in [5, 5.41) is 0. The molecule has 0 radical (unpaired) electrons. The topological polar surface area (TPSA) is 49.5 Å². The smallest absolute Gasteiger partial charge is 0.187 e. The molecule has 0 bridgehead atoms. The second-order valence-electron chi connectivity index (χ2n) is 7.27. The first-order chi connectivity index (χ1) is 12.8. The van der Waals surface area contributed by atoms with Gasteiger partial charge in [0.05, 0.1) is 33.0 Å². The zero-order valence-corrected chi connectivity index (χ0v) is 16.0. The van der Waals surface area contributed by atoms with Gasteiger partial charge in [-0.05, 0) is 30.0 Å². The summed E-state index contributed by atoms with van der Waals surface area (Å²) in [6.07, 6.45) is 7.73. The van der Waals surface area contributed by atoms with E-state index in [9.17, 15) is 0 Å². The molecular formula is C21H32O5. The third-order valence-electron chi connectivity index (χ3n) is 5.33. The molecular weight excluding hydrogens is 332 g/mol. The second-order valence-corrected chi connectivity index (χ2v) is 7.27. The van der Waals surface area contributed by atoms with E-state index < -0.39 is 0 Å². The number of ether oxygens (including phenoxy) is 5. The normalized spacial score (nSPS) is 24.4. The molecule has 0 amide bonds. The summed E-state index contributed by atoms with van der Waals surface area (Å²) >= 11 is 0. The number of epoxide rings is 1. The van der Waals surface area contributed by atoms with E-state index in [2.05, 4.69) is 12.1 Å². The fourth-order valence-corrected chi connectivity index (χ4v) is 3.73. The van der Waals surface area contributed by atoms with E-state index in [1.165, 1.54) is 32.1 Å². The summed E-state index contributed by atoms with van der Waals surface area (Å²) in [5.41, 5.74) is 1.15. The first kappa shape index (κ1) is 19.6. The summed E-state index contributed by atoms with van der Waals surface area (Å²) in [6.45, 7) is 1.74.